The Morgan fingerprint density at radius 1 is 0.955 bits per heavy atom. The standard InChI is InChI=1S/C8H14O4.C7H12O3/c9-4-1-8(10)12-7-2-5-11-6-3-7;8-5-7(9)6-1-3-10-4-2-6/h7,9H,1-6H2;6,8H,1-5H2. The summed E-state index contributed by atoms with van der Waals surface area (Å²) in [6.45, 7) is 2.20. The molecule has 0 radical (unpaired) electrons. The highest BCUT2D eigenvalue weighted by atomic mass is 16.6. The zero-order valence-electron chi connectivity index (χ0n) is 12.9. The molecule has 0 spiro atoms. The van der Waals surface area contributed by atoms with E-state index in [1.54, 1.807) is 0 Å². The van der Waals surface area contributed by atoms with E-state index >= 15 is 0 Å². The molecule has 2 aliphatic rings. The lowest BCUT2D eigenvalue weighted by Crippen LogP contribution is -2.26. The van der Waals surface area contributed by atoms with Crippen molar-refractivity contribution in [2.45, 2.75) is 38.2 Å². The molecule has 2 aliphatic heterocycles. The van der Waals surface area contributed by atoms with Crippen molar-refractivity contribution in [2.75, 3.05) is 39.6 Å². The number of Topliss-reactive ketones (excluding diaryl/α,β-unsaturated/α-hetero) is 1. The average molecular weight is 318 g/mol. The number of ketones is 1. The van der Waals surface area contributed by atoms with E-state index in [4.69, 9.17) is 24.4 Å². The molecule has 0 aromatic rings. The van der Waals surface area contributed by atoms with E-state index in [2.05, 4.69) is 0 Å². The molecule has 0 aromatic heterocycles. The molecule has 7 nitrogen and oxygen atoms in total. The summed E-state index contributed by atoms with van der Waals surface area (Å²) in [6, 6.07) is 0. The summed E-state index contributed by atoms with van der Waals surface area (Å²) in [5.74, 6) is -0.300. The van der Waals surface area contributed by atoms with Gasteiger partial charge in [-0.2, -0.15) is 0 Å². The second-order valence-electron chi connectivity index (χ2n) is 5.29. The van der Waals surface area contributed by atoms with Gasteiger partial charge in [-0.15, -0.1) is 0 Å². The van der Waals surface area contributed by atoms with Crippen LogP contribution in [0.15, 0.2) is 0 Å². The van der Waals surface area contributed by atoms with Crippen LogP contribution in [0.3, 0.4) is 0 Å². The third kappa shape index (κ3) is 7.84. The van der Waals surface area contributed by atoms with Crippen molar-refractivity contribution in [1.82, 2.24) is 0 Å². The second-order valence-corrected chi connectivity index (χ2v) is 5.29. The number of hydrogen-bond acceptors (Lipinski definition) is 7. The summed E-state index contributed by atoms with van der Waals surface area (Å²) < 4.78 is 15.2. The van der Waals surface area contributed by atoms with Gasteiger partial charge in [0, 0.05) is 32.0 Å². The van der Waals surface area contributed by atoms with Crippen molar-refractivity contribution in [2.24, 2.45) is 5.92 Å². The number of rotatable bonds is 5. The van der Waals surface area contributed by atoms with Crippen molar-refractivity contribution >= 4 is 11.8 Å². The number of aliphatic hydroxyl groups excluding tert-OH is 2. The van der Waals surface area contributed by atoms with Crippen LogP contribution in [-0.2, 0) is 23.8 Å². The van der Waals surface area contributed by atoms with Crippen molar-refractivity contribution in [3.63, 3.8) is 0 Å². The highest BCUT2D eigenvalue weighted by molar-refractivity contribution is 5.81. The number of ether oxygens (including phenoxy) is 3. The number of aliphatic hydroxyl groups is 2. The molecule has 2 N–H and O–H groups in total. The topological polar surface area (TPSA) is 102 Å². The van der Waals surface area contributed by atoms with E-state index in [0.29, 0.717) is 26.4 Å². The first-order valence-electron chi connectivity index (χ1n) is 7.76. The smallest absolute Gasteiger partial charge is 0.308 e. The van der Waals surface area contributed by atoms with Crippen molar-refractivity contribution in [1.29, 1.82) is 0 Å². The lowest BCUT2D eigenvalue weighted by atomic mass is 9.96. The maximum absolute atomic E-state index is 10.9. The van der Waals surface area contributed by atoms with Gasteiger partial charge in [0.15, 0.2) is 5.78 Å². The summed E-state index contributed by atoms with van der Waals surface area (Å²) in [5, 5.41) is 16.9. The highest BCUT2D eigenvalue weighted by Crippen LogP contribution is 2.14. The van der Waals surface area contributed by atoms with Crippen LogP contribution in [-0.4, -0.2) is 67.7 Å². The molecule has 0 amide bonds. The fourth-order valence-corrected chi connectivity index (χ4v) is 2.28. The van der Waals surface area contributed by atoms with Crippen LogP contribution in [0, 0.1) is 5.92 Å². The van der Waals surface area contributed by atoms with Crippen LogP contribution in [0.2, 0.25) is 0 Å². The Bertz CT molecular complexity index is 320. The minimum absolute atomic E-state index is 0.00204. The monoisotopic (exact) mass is 318 g/mol. The van der Waals surface area contributed by atoms with Gasteiger partial charge in [-0.05, 0) is 12.8 Å². The van der Waals surface area contributed by atoms with Crippen LogP contribution < -0.4 is 0 Å². The van der Waals surface area contributed by atoms with Crippen LogP contribution in [0.4, 0.5) is 0 Å². The van der Waals surface area contributed by atoms with E-state index in [1.165, 1.54) is 0 Å². The van der Waals surface area contributed by atoms with Crippen LogP contribution in [0.1, 0.15) is 32.1 Å². The van der Waals surface area contributed by atoms with E-state index in [1.807, 2.05) is 0 Å². The predicted octanol–water partition coefficient (Wildman–Crippen LogP) is 0.0654. The van der Waals surface area contributed by atoms with E-state index in [-0.39, 0.29) is 43.4 Å². The molecule has 0 unspecified atom stereocenters. The maximum atomic E-state index is 10.9. The molecule has 0 aromatic carbocycles. The number of carbonyl (C=O) groups excluding carboxylic acids is 2. The minimum atomic E-state index is -0.315. The average Bonchev–Trinajstić information content (AvgIpc) is 2.56. The molecule has 2 heterocycles. The summed E-state index contributed by atoms with van der Waals surface area (Å²) in [4.78, 5) is 21.7. The van der Waals surface area contributed by atoms with Gasteiger partial charge >= 0.3 is 5.97 Å². The first-order valence-corrected chi connectivity index (χ1v) is 7.76. The zero-order valence-corrected chi connectivity index (χ0v) is 12.9. The summed E-state index contributed by atoms with van der Waals surface area (Å²) in [6.07, 6.45) is 3.20. The van der Waals surface area contributed by atoms with Crippen molar-refractivity contribution in [3.8, 4) is 0 Å². The van der Waals surface area contributed by atoms with E-state index in [9.17, 15) is 9.59 Å². The fourth-order valence-electron chi connectivity index (χ4n) is 2.28. The second kappa shape index (κ2) is 11.5. The van der Waals surface area contributed by atoms with Gasteiger partial charge in [-0.3, -0.25) is 9.59 Å². The van der Waals surface area contributed by atoms with Gasteiger partial charge in [0.05, 0.1) is 26.2 Å². The maximum Gasteiger partial charge on any atom is 0.308 e. The normalized spacial score (nSPS) is 19.9. The Balaban J connectivity index is 0.000000224. The molecule has 128 valence electrons. The number of carbonyl (C=O) groups is 2. The summed E-state index contributed by atoms with van der Waals surface area (Å²) in [5.41, 5.74) is 0. The van der Waals surface area contributed by atoms with Gasteiger partial charge < -0.3 is 24.4 Å². The molecule has 0 atom stereocenters. The highest BCUT2D eigenvalue weighted by Gasteiger charge is 2.20. The molecule has 0 aliphatic carbocycles. The van der Waals surface area contributed by atoms with Gasteiger partial charge in [0.25, 0.3) is 0 Å². The van der Waals surface area contributed by atoms with Gasteiger partial charge in [-0.25, -0.2) is 0 Å². The van der Waals surface area contributed by atoms with Gasteiger partial charge in [0.1, 0.15) is 12.7 Å². The Hall–Kier alpha value is -1.02. The summed E-state index contributed by atoms with van der Waals surface area (Å²) in [7, 11) is 0. The number of hydrogen-bond donors (Lipinski definition) is 2. The molecule has 2 saturated heterocycles. The van der Waals surface area contributed by atoms with Crippen molar-refractivity contribution < 1.29 is 34.0 Å². The molecule has 2 rings (SSSR count). The summed E-state index contributed by atoms with van der Waals surface area (Å²) >= 11 is 0. The first-order chi connectivity index (χ1) is 10.7. The van der Waals surface area contributed by atoms with Crippen molar-refractivity contribution in [3.05, 3.63) is 0 Å². The Morgan fingerprint density at radius 2 is 1.50 bits per heavy atom. The molecule has 0 saturated carbocycles. The molecular formula is C15H26O7. The molecule has 22 heavy (non-hydrogen) atoms. The minimum Gasteiger partial charge on any atom is -0.462 e. The third-order valence-corrected chi connectivity index (χ3v) is 3.61. The lowest BCUT2D eigenvalue weighted by molar-refractivity contribution is -0.153. The van der Waals surface area contributed by atoms with Crippen LogP contribution >= 0.6 is 0 Å². The molecular weight excluding hydrogens is 292 g/mol. The molecule has 2 fully saturated rings. The Kier molecular flexibility index (Phi) is 9.98. The molecule has 7 heteroatoms. The third-order valence-electron chi connectivity index (χ3n) is 3.61. The van der Waals surface area contributed by atoms with E-state index in [0.717, 1.165) is 25.7 Å². The fraction of sp³-hybridized carbons (Fsp3) is 0.867. The van der Waals surface area contributed by atoms with Crippen LogP contribution in [0.25, 0.3) is 0 Å². The van der Waals surface area contributed by atoms with E-state index < -0.39 is 0 Å². The van der Waals surface area contributed by atoms with Gasteiger partial charge in [-0.1, -0.05) is 0 Å². The van der Waals surface area contributed by atoms with Gasteiger partial charge in [0.2, 0.25) is 0 Å². The SMILES string of the molecule is O=C(CCO)OC1CCOCC1.O=C(CO)C1CCOCC1. The number of esters is 1. The predicted molar refractivity (Wildman–Crippen MR) is 77.3 cm³/mol. The quantitative estimate of drug-likeness (QED) is 0.691. The molecule has 0 bridgehead atoms. The first kappa shape index (κ1) is 19.0. The largest absolute Gasteiger partial charge is 0.462 e. The lowest BCUT2D eigenvalue weighted by Gasteiger charge is -2.21. The Labute approximate surface area is 130 Å². The Morgan fingerprint density at radius 3 is 2.00 bits per heavy atom. The zero-order chi connectivity index (χ0) is 16.2. The van der Waals surface area contributed by atoms with Crippen LogP contribution in [0.5, 0.6) is 0 Å².